The van der Waals surface area contributed by atoms with Gasteiger partial charge in [-0.2, -0.15) is 0 Å². The van der Waals surface area contributed by atoms with Crippen LogP contribution in [-0.2, 0) is 11.3 Å². The van der Waals surface area contributed by atoms with Crippen LogP contribution in [0, 0.1) is 5.92 Å². The number of amides is 1. The van der Waals surface area contributed by atoms with E-state index in [1.165, 1.54) is 11.8 Å². The highest BCUT2D eigenvalue weighted by molar-refractivity contribution is 8.00. The van der Waals surface area contributed by atoms with Gasteiger partial charge >= 0.3 is 0 Å². The molecule has 10 heteroatoms. The van der Waals surface area contributed by atoms with Crippen molar-refractivity contribution in [1.29, 1.82) is 0 Å². The zero-order valence-corrected chi connectivity index (χ0v) is 19.8. The Morgan fingerprint density at radius 2 is 2.21 bits per heavy atom. The molecular formula is C24H28N6O3S. The number of rotatable bonds is 8. The number of likely N-dealkylation sites (tertiary alicyclic amines) is 1. The Morgan fingerprint density at radius 3 is 3.09 bits per heavy atom. The number of carbonyl (C=O) groups excluding carboxylic acids is 1. The van der Waals surface area contributed by atoms with E-state index in [1.54, 1.807) is 19.4 Å². The van der Waals surface area contributed by atoms with Gasteiger partial charge in [-0.3, -0.25) is 9.78 Å². The van der Waals surface area contributed by atoms with Crippen molar-refractivity contribution in [1.82, 2.24) is 25.2 Å². The van der Waals surface area contributed by atoms with Gasteiger partial charge in [-0.1, -0.05) is 0 Å². The number of nitrogens with one attached hydrogen (secondary N) is 2. The number of carbonyl (C=O) groups is 1. The first-order chi connectivity index (χ1) is 16.6. The van der Waals surface area contributed by atoms with E-state index in [0.29, 0.717) is 42.0 Å². The van der Waals surface area contributed by atoms with E-state index >= 15 is 0 Å². The molecule has 1 saturated heterocycles. The van der Waals surface area contributed by atoms with Crippen molar-refractivity contribution in [3.63, 3.8) is 0 Å². The van der Waals surface area contributed by atoms with Crippen LogP contribution >= 0.6 is 11.8 Å². The van der Waals surface area contributed by atoms with E-state index in [-0.39, 0.29) is 5.91 Å². The van der Waals surface area contributed by atoms with E-state index in [0.717, 1.165) is 47.7 Å². The van der Waals surface area contributed by atoms with Crippen LogP contribution in [0.1, 0.15) is 23.8 Å². The smallest absolute Gasteiger partial charge is 0.235 e. The van der Waals surface area contributed by atoms with Crippen molar-refractivity contribution in [2.24, 2.45) is 5.92 Å². The predicted octanol–water partition coefficient (Wildman–Crippen LogP) is 2.22. The van der Waals surface area contributed by atoms with Crippen molar-refractivity contribution in [3.05, 3.63) is 47.8 Å². The molecule has 1 amide bonds. The first-order valence-electron chi connectivity index (χ1n) is 11.4. The average Bonchev–Trinajstić information content (AvgIpc) is 3.30. The molecule has 0 aliphatic carbocycles. The second-order valence-electron chi connectivity index (χ2n) is 8.67. The number of methoxy groups -OCH3 is 1. The number of pyridine rings is 3. The molecule has 9 nitrogen and oxygen atoms in total. The Labute approximate surface area is 202 Å². The van der Waals surface area contributed by atoms with Gasteiger partial charge < -0.3 is 25.4 Å². The molecule has 3 aromatic rings. The van der Waals surface area contributed by atoms with Gasteiger partial charge in [-0.25, -0.2) is 9.97 Å². The van der Waals surface area contributed by atoms with Gasteiger partial charge in [0.25, 0.3) is 0 Å². The molecule has 0 aromatic carbocycles. The number of β-amino-alcohol motifs (C(OH)–C–C–N with tert-alkyl or cyclic N) is 1. The quantitative estimate of drug-likeness (QED) is 0.447. The van der Waals surface area contributed by atoms with E-state index in [1.807, 2.05) is 24.3 Å². The van der Waals surface area contributed by atoms with E-state index < -0.39 is 6.10 Å². The Kier molecular flexibility index (Phi) is 6.91. The van der Waals surface area contributed by atoms with Crippen LogP contribution in [0.5, 0.6) is 5.88 Å². The first kappa shape index (κ1) is 23.0. The number of nitrogens with zero attached hydrogens (tertiary/aromatic N) is 4. The number of hydrogen-bond acceptors (Lipinski definition) is 9. The Hall–Kier alpha value is -2.79. The number of aromatic nitrogens is 3. The van der Waals surface area contributed by atoms with Crippen LogP contribution in [-0.4, -0.2) is 69.9 Å². The van der Waals surface area contributed by atoms with Crippen molar-refractivity contribution in [2.45, 2.75) is 24.0 Å². The lowest BCUT2D eigenvalue weighted by Gasteiger charge is -2.21. The van der Waals surface area contributed by atoms with Gasteiger partial charge in [0.15, 0.2) is 0 Å². The first-order valence-corrected chi connectivity index (χ1v) is 12.4. The monoisotopic (exact) mass is 480 g/mol. The third-order valence-electron chi connectivity index (χ3n) is 6.23. The SMILES string of the molecule is COc1ccc2nccc([C@H](O)CN3CC[C@@H](CNCc4ccc5c(n4)NC(=O)CS5)C3)c2n1. The summed E-state index contributed by atoms with van der Waals surface area (Å²) in [5.74, 6) is 2.12. The molecule has 0 radical (unpaired) electrons. The minimum atomic E-state index is -0.649. The summed E-state index contributed by atoms with van der Waals surface area (Å²) in [4.78, 5) is 28.3. The van der Waals surface area contributed by atoms with Gasteiger partial charge in [-0.05, 0) is 49.7 Å². The normalized spacial score (nSPS) is 19.1. The van der Waals surface area contributed by atoms with Crippen molar-refractivity contribution in [2.75, 3.05) is 44.4 Å². The number of aliphatic hydroxyl groups is 1. The summed E-state index contributed by atoms with van der Waals surface area (Å²) in [6.45, 7) is 3.96. The fourth-order valence-corrected chi connectivity index (χ4v) is 5.26. The highest BCUT2D eigenvalue weighted by atomic mass is 32.2. The molecule has 3 N–H and O–H groups in total. The van der Waals surface area contributed by atoms with Crippen molar-refractivity contribution in [3.8, 4) is 5.88 Å². The fraction of sp³-hybridized carbons (Fsp3) is 0.417. The van der Waals surface area contributed by atoms with Crippen molar-refractivity contribution < 1.29 is 14.6 Å². The fourth-order valence-electron chi connectivity index (χ4n) is 4.51. The summed E-state index contributed by atoms with van der Waals surface area (Å²) < 4.78 is 5.24. The minimum absolute atomic E-state index is 0.00183. The number of aliphatic hydroxyl groups excluding tert-OH is 1. The van der Waals surface area contributed by atoms with E-state index in [9.17, 15) is 9.90 Å². The van der Waals surface area contributed by atoms with Gasteiger partial charge in [0.1, 0.15) is 5.82 Å². The molecule has 0 saturated carbocycles. The summed E-state index contributed by atoms with van der Waals surface area (Å²) >= 11 is 1.52. The lowest BCUT2D eigenvalue weighted by atomic mass is 10.1. The molecule has 0 bridgehead atoms. The Bertz CT molecular complexity index is 1190. The van der Waals surface area contributed by atoms with Crippen LogP contribution in [0.2, 0.25) is 0 Å². The molecule has 1 fully saturated rings. The van der Waals surface area contributed by atoms with Crippen molar-refractivity contribution >= 4 is 34.5 Å². The largest absolute Gasteiger partial charge is 0.481 e. The number of ether oxygens (including phenoxy) is 1. The second kappa shape index (κ2) is 10.2. The average molecular weight is 481 g/mol. The molecule has 2 atom stereocenters. The highest BCUT2D eigenvalue weighted by Crippen LogP contribution is 2.30. The second-order valence-corrected chi connectivity index (χ2v) is 9.69. The maximum atomic E-state index is 11.6. The maximum Gasteiger partial charge on any atom is 0.235 e. The summed E-state index contributed by atoms with van der Waals surface area (Å²) in [5.41, 5.74) is 3.11. The Morgan fingerprint density at radius 1 is 1.29 bits per heavy atom. The van der Waals surface area contributed by atoms with Gasteiger partial charge in [-0.15, -0.1) is 11.8 Å². The lowest BCUT2D eigenvalue weighted by Crippen LogP contribution is -2.29. The van der Waals surface area contributed by atoms with Crippen LogP contribution in [0.4, 0.5) is 5.82 Å². The summed E-state index contributed by atoms with van der Waals surface area (Å²) in [7, 11) is 1.58. The van der Waals surface area contributed by atoms with Gasteiger partial charge in [0, 0.05) is 37.5 Å². The van der Waals surface area contributed by atoms with Crippen LogP contribution in [0.15, 0.2) is 41.4 Å². The van der Waals surface area contributed by atoms with Crippen LogP contribution < -0.4 is 15.4 Å². The zero-order chi connectivity index (χ0) is 23.5. The van der Waals surface area contributed by atoms with E-state index in [4.69, 9.17) is 4.74 Å². The minimum Gasteiger partial charge on any atom is -0.481 e. The predicted molar refractivity (Wildman–Crippen MR) is 131 cm³/mol. The molecule has 3 aromatic heterocycles. The third kappa shape index (κ3) is 5.15. The molecule has 5 rings (SSSR count). The Balaban J connectivity index is 1.13. The molecule has 0 spiro atoms. The molecule has 5 heterocycles. The highest BCUT2D eigenvalue weighted by Gasteiger charge is 2.25. The molecular weight excluding hydrogens is 452 g/mol. The van der Waals surface area contributed by atoms with Gasteiger partial charge in [0.2, 0.25) is 11.8 Å². The number of thioether (sulfide) groups is 1. The summed E-state index contributed by atoms with van der Waals surface area (Å²) in [6.07, 6.45) is 2.14. The molecule has 178 valence electrons. The standard InChI is InChI=1S/C24H28N6O3S/c1-33-22-5-3-18-23(29-22)17(6-8-26-18)19(31)13-30-9-7-15(12-30)10-25-11-16-2-4-20-24(27-16)28-21(32)14-34-20/h2-6,8,15,19,25,31H,7,9-14H2,1H3,(H,27,28,32)/t15-,19+/m0/s1. The molecule has 34 heavy (non-hydrogen) atoms. The maximum absolute atomic E-state index is 11.6. The number of hydrogen-bond donors (Lipinski definition) is 3. The topological polar surface area (TPSA) is 113 Å². The summed E-state index contributed by atoms with van der Waals surface area (Å²) in [6, 6.07) is 9.50. The van der Waals surface area contributed by atoms with E-state index in [2.05, 4.69) is 30.5 Å². The van der Waals surface area contributed by atoms with Crippen LogP contribution in [0.3, 0.4) is 0 Å². The number of fused-ring (bicyclic) bond motifs is 2. The van der Waals surface area contributed by atoms with Gasteiger partial charge in [0.05, 0.1) is 40.6 Å². The lowest BCUT2D eigenvalue weighted by molar-refractivity contribution is -0.113. The molecule has 2 aliphatic rings. The third-order valence-corrected chi connectivity index (χ3v) is 7.28. The number of anilines is 1. The molecule has 2 aliphatic heterocycles. The summed E-state index contributed by atoms with van der Waals surface area (Å²) in [5, 5.41) is 17.3. The molecule has 0 unspecified atom stereocenters. The zero-order valence-electron chi connectivity index (χ0n) is 19.0. The van der Waals surface area contributed by atoms with Crippen LogP contribution in [0.25, 0.3) is 11.0 Å².